The molecule has 0 aliphatic carbocycles. The summed E-state index contributed by atoms with van der Waals surface area (Å²) in [6, 6.07) is 0.0277. The summed E-state index contributed by atoms with van der Waals surface area (Å²) in [6.45, 7) is 3.74. The van der Waals surface area contributed by atoms with Crippen LogP contribution in [0.4, 0.5) is 0 Å². The highest BCUT2D eigenvalue weighted by Gasteiger charge is 2.22. The molecule has 2 heterocycles. The zero-order valence-corrected chi connectivity index (χ0v) is 12.7. The Bertz CT molecular complexity index is 454. The Morgan fingerprint density at radius 2 is 2.10 bits per heavy atom. The van der Waals surface area contributed by atoms with E-state index in [1.165, 1.54) is 14.2 Å². The van der Waals surface area contributed by atoms with Gasteiger partial charge in [-0.3, -0.25) is 4.79 Å². The van der Waals surface area contributed by atoms with Crippen molar-refractivity contribution in [3.63, 3.8) is 0 Å². The average molecular weight is 297 g/mol. The Kier molecular flexibility index (Phi) is 5.66. The van der Waals surface area contributed by atoms with Crippen molar-refractivity contribution in [1.82, 2.24) is 25.6 Å². The highest BCUT2D eigenvalue weighted by Crippen LogP contribution is 2.17. The number of rotatable bonds is 6. The number of ether oxygens (including phenoxy) is 2. The van der Waals surface area contributed by atoms with Crippen molar-refractivity contribution in [2.75, 3.05) is 27.3 Å². The highest BCUT2D eigenvalue weighted by molar-refractivity contribution is 5.92. The van der Waals surface area contributed by atoms with Gasteiger partial charge in [-0.05, 0) is 32.9 Å². The minimum Gasteiger partial charge on any atom is -0.354 e. The summed E-state index contributed by atoms with van der Waals surface area (Å²) in [6.07, 6.45) is 3.20. The van der Waals surface area contributed by atoms with Crippen molar-refractivity contribution >= 4 is 5.91 Å². The molecule has 1 atom stereocenters. The van der Waals surface area contributed by atoms with Crippen LogP contribution < -0.4 is 10.6 Å². The molecule has 1 amide bonds. The van der Waals surface area contributed by atoms with Gasteiger partial charge in [0.1, 0.15) is 0 Å². The third kappa shape index (κ3) is 3.99. The number of methoxy groups -OCH3 is 2. The number of amides is 1. The fourth-order valence-electron chi connectivity index (χ4n) is 2.48. The van der Waals surface area contributed by atoms with Gasteiger partial charge in [0.05, 0.1) is 18.3 Å². The van der Waals surface area contributed by atoms with E-state index in [9.17, 15) is 4.79 Å². The van der Waals surface area contributed by atoms with E-state index in [0.717, 1.165) is 25.9 Å². The molecule has 0 aromatic carbocycles. The van der Waals surface area contributed by atoms with E-state index < -0.39 is 6.29 Å². The van der Waals surface area contributed by atoms with E-state index in [4.69, 9.17) is 9.47 Å². The van der Waals surface area contributed by atoms with Crippen molar-refractivity contribution in [1.29, 1.82) is 0 Å². The first-order chi connectivity index (χ1) is 10.2. The Morgan fingerprint density at radius 3 is 2.71 bits per heavy atom. The van der Waals surface area contributed by atoms with E-state index in [2.05, 4.69) is 20.9 Å². The molecule has 8 heteroatoms. The first-order valence-electron chi connectivity index (χ1n) is 7.14. The molecule has 1 fully saturated rings. The molecule has 1 saturated heterocycles. The second-order valence-electron chi connectivity index (χ2n) is 5.17. The first-order valence-corrected chi connectivity index (χ1v) is 7.14. The van der Waals surface area contributed by atoms with Crippen LogP contribution in [0.1, 0.15) is 36.3 Å². The molecule has 1 aliphatic heterocycles. The van der Waals surface area contributed by atoms with Crippen LogP contribution in [0.2, 0.25) is 0 Å². The Morgan fingerprint density at radius 1 is 1.43 bits per heavy atom. The van der Waals surface area contributed by atoms with Gasteiger partial charge < -0.3 is 20.1 Å². The van der Waals surface area contributed by atoms with Gasteiger partial charge in [0.15, 0.2) is 12.0 Å². The normalized spacial score (nSPS) is 17.9. The Hall–Kier alpha value is -1.51. The van der Waals surface area contributed by atoms with E-state index in [1.807, 2.05) is 6.92 Å². The fourth-order valence-corrected chi connectivity index (χ4v) is 2.48. The van der Waals surface area contributed by atoms with Gasteiger partial charge in [-0.1, -0.05) is 5.21 Å². The van der Waals surface area contributed by atoms with Gasteiger partial charge in [0.2, 0.25) is 0 Å². The molecule has 0 spiro atoms. The standard InChI is InChI=1S/C13H23N5O3/c1-9(13(20-2)21-3)15-12(19)11-8-18(17-16-11)10-4-6-14-7-5-10/h8-10,13-14H,4-7H2,1-3H3,(H,15,19). The Balaban J connectivity index is 1.95. The molecule has 1 aromatic heterocycles. The number of hydrogen-bond acceptors (Lipinski definition) is 6. The van der Waals surface area contributed by atoms with Crippen LogP contribution in [0, 0.1) is 0 Å². The number of piperidine rings is 1. The van der Waals surface area contributed by atoms with Crippen molar-refractivity contribution in [3.05, 3.63) is 11.9 Å². The number of hydrogen-bond donors (Lipinski definition) is 2. The molecule has 21 heavy (non-hydrogen) atoms. The molecule has 2 N–H and O–H groups in total. The quantitative estimate of drug-likeness (QED) is 0.715. The molecule has 8 nitrogen and oxygen atoms in total. The van der Waals surface area contributed by atoms with Crippen molar-refractivity contribution in [2.45, 2.75) is 38.1 Å². The average Bonchev–Trinajstić information content (AvgIpc) is 2.99. The zero-order chi connectivity index (χ0) is 15.2. The SMILES string of the molecule is COC(OC)C(C)NC(=O)c1cn(C2CCNCC2)nn1. The molecule has 1 unspecified atom stereocenters. The largest absolute Gasteiger partial charge is 0.354 e. The molecular weight excluding hydrogens is 274 g/mol. The van der Waals surface area contributed by atoms with Crippen molar-refractivity contribution in [3.8, 4) is 0 Å². The first kappa shape index (κ1) is 15.9. The van der Waals surface area contributed by atoms with Crippen molar-refractivity contribution in [2.24, 2.45) is 0 Å². The highest BCUT2D eigenvalue weighted by atomic mass is 16.7. The monoisotopic (exact) mass is 297 g/mol. The van der Waals surface area contributed by atoms with Gasteiger partial charge >= 0.3 is 0 Å². The minimum absolute atomic E-state index is 0.276. The van der Waals surface area contributed by atoms with Crippen LogP contribution in [0.5, 0.6) is 0 Å². The lowest BCUT2D eigenvalue weighted by atomic mass is 10.1. The number of nitrogens with one attached hydrogen (secondary N) is 2. The summed E-state index contributed by atoms with van der Waals surface area (Å²) >= 11 is 0. The molecule has 118 valence electrons. The summed E-state index contributed by atoms with van der Waals surface area (Å²) in [5.41, 5.74) is 0.311. The molecule has 2 rings (SSSR count). The zero-order valence-electron chi connectivity index (χ0n) is 12.7. The van der Waals surface area contributed by atoms with E-state index in [1.54, 1.807) is 10.9 Å². The molecule has 1 aliphatic rings. The maximum Gasteiger partial charge on any atom is 0.273 e. The number of carbonyl (C=O) groups excluding carboxylic acids is 1. The maximum absolute atomic E-state index is 12.1. The molecule has 0 radical (unpaired) electrons. The van der Waals surface area contributed by atoms with Crippen LogP contribution in [0.15, 0.2) is 6.20 Å². The number of nitrogens with zero attached hydrogens (tertiary/aromatic N) is 3. The van der Waals surface area contributed by atoms with Crippen LogP contribution in [-0.4, -0.2) is 60.5 Å². The van der Waals surface area contributed by atoms with Gasteiger partial charge in [-0.15, -0.1) is 5.10 Å². The smallest absolute Gasteiger partial charge is 0.273 e. The molecule has 0 bridgehead atoms. The number of aromatic nitrogens is 3. The fraction of sp³-hybridized carbons (Fsp3) is 0.769. The lowest BCUT2D eigenvalue weighted by Crippen LogP contribution is -2.43. The third-order valence-electron chi connectivity index (χ3n) is 3.66. The summed E-state index contributed by atoms with van der Waals surface area (Å²) in [7, 11) is 3.06. The van der Waals surface area contributed by atoms with E-state index in [-0.39, 0.29) is 11.9 Å². The lowest BCUT2D eigenvalue weighted by molar-refractivity contribution is -0.117. The van der Waals surface area contributed by atoms with E-state index in [0.29, 0.717) is 11.7 Å². The summed E-state index contributed by atoms with van der Waals surface area (Å²) in [5.74, 6) is -0.276. The second-order valence-corrected chi connectivity index (χ2v) is 5.17. The van der Waals surface area contributed by atoms with Crippen LogP contribution in [-0.2, 0) is 9.47 Å². The van der Waals surface area contributed by atoms with Crippen LogP contribution in [0.3, 0.4) is 0 Å². The van der Waals surface area contributed by atoms with Gasteiger partial charge in [0, 0.05) is 14.2 Å². The number of carbonyl (C=O) groups is 1. The Labute approximate surface area is 124 Å². The predicted molar refractivity (Wildman–Crippen MR) is 75.9 cm³/mol. The minimum atomic E-state index is -0.492. The summed E-state index contributed by atoms with van der Waals surface area (Å²) in [4.78, 5) is 12.1. The van der Waals surface area contributed by atoms with Gasteiger partial charge in [-0.2, -0.15) is 0 Å². The van der Waals surface area contributed by atoms with E-state index >= 15 is 0 Å². The van der Waals surface area contributed by atoms with Crippen molar-refractivity contribution < 1.29 is 14.3 Å². The summed E-state index contributed by atoms with van der Waals surface area (Å²) in [5, 5.41) is 14.1. The predicted octanol–water partition coefficient (Wildman–Crippen LogP) is -0.0602. The second kappa shape index (κ2) is 7.48. The maximum atomic E-state index is 12.1. The summed E-state index contributed by atoms with van der Waals surface area (Å²) < 4.78 is 12.0. The third-order valence-corrected chi connectivity index (χ3v) is 3.66. The van der Waals surface area contributed by atoms with Crippen LogP contribution >= 0.6 is 0 Å². The molecule has 0 saturated carbocycles. The molecular formula is C13H23N5O3. The lowest BCUT2D eigenvalue weighted by Gasteiger charge is -2.22. The topological polar surface area (TPSA) is 90.3 Å². The van der Waals surface area contributed by atoms with Crippen LogP contribution in [0.25, 0.3) is 0 Å². The van der Waals surface area contributed by atoms with Gasteiger partial charge in [0.25, 0.3) is 5.91 Å². The van der Waals surface area contributed by atoms with Gasteiger partial charge in [-0.25, -0.2) is 4.68 Å². The molecule has 1 aromatic rings.